The van der Waals surface area contributed by atoms with Crippen molar-refractivity contribution in [1.29, 1.82) is 0 Å². The summed E-state index contributed by atoms with van der Waals surface area (Å²) < 4.78 is 6.74. The SMILES string of the molecule is CCOc1ccc(-c2ccc(=O)n(CCNC(=O)C3CCC(=O)N3)n2)cc1. The van der Waals surface area contributed by atoms with Gasteiger partial charge in [-0.2, -0.15) is 5.10 Å². The first-order chi connectivity index (χ1) is 13.1. The first-order valence-corrected chi connectivity index (χ1v) is 8.95. The molecule has 1 aliphatic rings. The highest BCUT2D eigenvalue weighted by Gasteiger charge is 2.26. The lowest BCUT2D eigenvalue weighted by molar-refractivity contribution is -0.125. The van der Waals surface area contributed by atoms with Crippen LogP contribution in [0.3, 0.4) is 0 Å². The smallest absolute Gasteiger partial charge is 0.266 e. The van der Waals surface area contributed by atoms with Gasteiger partial charge in [0.2, 0.25) is 11.8 Å². The topological polar surface area (TPSA) is 102 Å². The average molecular weight is 370 g/mol. The Morgan fingerprint density at radius 2 is 2.04 bits per heavy atom. The highest BCUT2D eigenvalue weighted by atomic mass is 16.5. The number of nitrogens with zero attached hydrogens (tertiary/aromatic N) is 2. The Kier molecular flexibility index (Phi) is 5.85. The Balaban J connectivity index is 1.62. The molecule has 2 aromatic rings. The van der Waals surface area contributed by atoms with Crippen LogP contribution in [0.25, 0.3) is 11.3 Å². The number of benzene rings is 1. The Bertz CT molecular complexity index is 876. The van der Waals surface area contributed by atoms with Crippen molar-refractivity contribution in [2.75, 3.05) is 13.2 Å². The third-order valence-electron chi connectivity index (χ3n) is 4.26. The van der Waals surface area contributed by atoms with Crippen molar-refractivity contribution < 1.29 is 14.3 Å². The number of carbonyl (C=O) groups excluding carboxylic acids is 2. The van der Waals surface area contributed by atoms with Gasteiger partial charge in [0.05, 0.1) is 18.8 Å². The fraction of sp³-hybridized carbons (Fsp3) is 0.368. The Morgan fingerprint density at radius 1 is 1.26 bits per heavy atom. The summed E-state index contributed by atoms with van der Waals surface area (Å²) in [6, 6.07) is 10.1. The molecule has 1 fully saturated rings. The molecule has 2 heterocycles. The molecule has 2 amide bonds. The quantitative estimate of drug-likeness (QED) is 0.747. The van der Waals surface area contributed by atoms with E-state index < -0.39 is 6.04 Å². The van der Waals surface area contributed by atoms with Gasteiger partial charge < -0.3 is 15.4 Å². The van der Waals surface area contributed by atoms with Gasteiger partial charge in [-0.1, -0.05) is 0 Å². The molecule has 1 saturated heterocycles. The molecule has 0 spiro atoms. The second kappa shape index (κ2) is 8.48. The molecular weight excluding hydrogens is 348 g/mol. The van der Waals surface area contributed by atoms with Crippen LogP contribution in [0.2, 0.25) is 0 Å². The van der Waals surface area contributed by atoms with E-state index >= 15 is 0 Å². The van der Waals surface area contributed by atoms with Crippen molar-refractivity contribution in [3.63, 3.8) is 0 Å². The van der Waals surface area contributed by atoms with Crippen LogP contribution in [0.4, 0.5) is 0 Å². The molecule has 2 N–H and O–H groups in total. The number of hydrogen-bond acceptors (Lipinski definition) is 5. The standard InChI is InChI=1S/C19H22N4O4/c1-2-27-14-5-3-13(4-6-14)15-8-10-18(25)23(22-15)12-11-20-19(26)16-7-9-17(24)21-16/h3-6,8,10,16H,2,7,9,11-12H2,1H3,(H,20,26)(H,21,24). The third kappa shape index (κ3) is 4.72. The number of rotatable bonds is 7. The van der Waals surface area contributed by atoms with E-state index in [0.29, 0.717) is 25.1 Å². The van der Waals surface area contributed by atoms with Gasteiger partial charge in [-0.25, -0.2) is 4.68 Å². The highest BCUT2D eigenvalue weighted by Crippen LogP contribution is 2.19. The lowest BCUT2D eigenvalue weighted by Gasteiger charge is -2.12. The van der Waals surface area contributed by atoms with E-state index in [-0.39, 0.29) is 30.5 Å². The minimum Gasteiger partial charge on any atom is -0.494 e. The minimum atomic E-state index is -0.489. The van der Waals surface area contributed by atoms with Crippen LogP contribution in [0, 0.1) is 0 Å². The molecule has 1 aliphatic heterocycles. The van der Waals surface area contributed by atoms with Crippen molar-refractivity contribution in [2.24, 2.45) is 0 Å². The molecular formula is C19H22N4O4. The van der Waals surface area contributed by atoms with Crippen LogP contribution in [-0.2, 0) is 16.1 Å². The Morgan fingerprint density at radius 3 is 2.70 bits per heavy atom. The fourth-order valence-corrected chi connectivity index (χ4v) is 2.87. The number of nitrogens with one attached hydrogen (secondary N) is 2. The molecule has 8 nitrogen and oxygen atoms in total. The van der Waals surface area contributed by atoms with E-state index in [1.807, 2.05) is 31.2 Å². The van der Waals surface area contributed by atoms with Gasteiger partial charge >= 0.3 is 0 Å². The zero-order valence-corrected chi connectivity index (χ0v) is 15.1. The van der Waals surface area contributed by atoms with E-state index in [1.54, 1.807) is 6.07 Å². The van der Waals surface area contributed by atoms with Crippen LogP contribution in [0.5, 0.6) is 5.75 Å². The largest absolute Gasteiger partial charge is 0.494 e. The number of amides is 2. The third-order valence-corrected chi connectivity index (χ3v) is 4.26. The Labute approximate surface area is 156 Å². The summed E-state index contributed by atoms with van der Waals surface area (Å²) in [4.78, 5) is 35.2. The van der Waals surface area contributed by atoms with Crippen LogP contribution in [0.15, 0.2) is 41.2 Å². The van der Waals surface area contributed by atoms with Crippen molar-refractivity contribution in [2.45, 2.75) is 32.4 Å². The maximum atomic E-state index is 12.0. The second-order valence-electron chi connectivity index (χ2n) is 6.19. The van der Waals surface area contributed by atoms with E-state index in [0.717, 1.165) is 11.3 Å². The summed E-state index contributed by atoms with van der Waals surface area (Å²) in [6.45, 7) is 3.02. The summed E-state index contributed by atoms with van der Waals surface area (Å²) in [5, 5.41) is 9.71. The van der Waals surface area contributed by atoms with Gasteiger partial charge in [0.15, 0.2) is 0 Å². The predicted molar refractivity (Wildman–Crippen MR) is 99.3 cm³/mol. The first-order valence-electron chi connectivity index (χ1n) is 8.95. The molecule has 0 bridgehead atoms. The number of ether oxygens (including phenoxy) is 1. The van der Waals surface area contributed by atoms with Crippen LogP contribution in [0.1, 0.15) is 19.8 Å². The number of aromatic nitrogens is 2. The molecule has 1 atom stereocenters. The van der Waals surface area contributed by atoms with E-state index in [2.05, 4.69) is 15.7 Å². The van der Waals surface area contributed by atoms with Crippen molar-refractivity contribution in [3.05, 3.63) is 46.8 Å². The molecule has 1 unspecified atom stereocenters. The molecule has 0 saturated carbocycles. The number of hydrogen-bond donors (Lipinski definition) is 2. The maximum Gasteiger partial charge on any atom is 0.266 e. The molecule has 142 valence electrons. The lowest BCUT2D eigenvalue weighted by Crippen LogP contribution is -2.43. The molecule has 8 heteroatoms. The zero-order valence-electron chi connectivity index (χ0n) is 15.1. The number of carbonyl (C=O) groups is 2. The average Bonchev–Trinajstić information content (AvgIpc) is 3.11. The molecule has 3 rings (SSSR count). The van der Waals surface area contributed by atoms with E-state index in [4.69, 9.17) is 4.74 Å². The van der Waals surface area contributed by atoms with Crippen LogP contribution in [-0.4, -0.2) is 40.8 Å². The summed E-state index contributed by atoms with van der Waals surface area (Å²) in [5.74, 6) is 0.420. The van der Waals surface area contributed by atoms with Crippen molar-refractivity contribution >= 4 is 11.8 Å². The molecule has 0 radical (unpaired) electrons. The minimum absolute atomic E-state index is 0.115. The molecule has 1 aromatic carbocycles. The molecule has 0 aliphatic carbocycles. The Hall–Kier alpha value is -3.16. The van der Waals surface area contributed by atoms with Gasteiger partial charge in [0.25, 0.3) is 5.56 Å². The molecule has 1 aromatic heterocycles. The van der Waals surface area contributed by atoms with Crippen LogP contribution < -0.4 is 20.9 Å². The van der Waals surface area contributed by atoms with Crippen molar-refractivity contribution in [3.8, 4) is 17.0 Å². The zero-order chi connectivity index (χ0) is 19.2. The summed E-state index contributed by atoms with van der Waals surface area (Å²) in [5.41, 5.74) is 1.28. The molecule has 27 heavy (non-hydrogen) atoms. The normalized spacial score (nSPS) is 16.0. The van der Waals surface area contributed by atoms with E-state index in [1.165, 1.54) is 10.7 Å². The van der Waals surface area contributed by atoms with Gasteiger partial charge in [-0.15, -0.1) is 0 Å². The predicted octanol–water partition coefficient (Wildman–Crippen LogP) is 0.704. The van der Waals surface area contributed by atoms with Gasteiger partial charge in [-0.05, 0) is 43.7 Å². The fourth-order valence-electron chi connectivity index (χ4n) is 2.87. The van der Waals surface area contributed by atoms with Gasteiger partial charge in [-0.3, -0.25) is 14.4 Å². The highest BCUT2D eigenvalue weighted by molar-refractivity contribution is 5.90. The van der Waals surface area contributed by atoms with Crippen LogP contribution >= 0.6 is 0 Å². The van der Waals surface area contributed by atoms with Gasteiger partial charge in [0, 0.05) is 24.6 Å². The van der Waals surface area contributed by atoms with Crippen molar-refractivity contribution in [1.82, 2.24) is 20.4 Å². The second-order valence-corrected chi connectivity index (χ2v) is 6.19. The van der Waals surface area contributed by atoms with E-state index in [9.17, 15) is 14.4 Å². The first kappa shape index (κ1) is 18.6. The summed E-state index contributed by atoms with van der Waals surface area (Å²) in [7, 11) is 0. The lowest BCUT2D eigenvalue weighted by atomic mass is 10.1. The summed E-state index contributed by atoms with van der Waals surface area (Å²) >= 11 is 0. The monoisotopic (exact) mass is 370 g/mol. The van der Waals surface area contributed by atoms with Gasteiger partial charge in [0.1, 0.15) is 11.8 Å². The summed E-state index contributed by atoms with van der Waals surface area (Å²) in [6.07, 6.45) is 0.860. The maximum absolute atomic E-state index is 12.0.